The molecule has 0 aliphatic carbocycles. The largest absolute Gasteiger partial charge is 0.493 e. The number of para-hydroxylation sites is 1. The van der Waals surface area contributed by atoms with E-state index in [1.807, 2.05) is 0 Å². The fourth-order valence-corrected chi connectivity index (χ4v) is 2.65. The molecule has 0 fully saturated rings. The Morgan fingerprint density at radius 1 is 1.42 bits per heavy atom. The lowest BCUT2D eigenvalue weighted by atomic mass is 9.96. The highest BCUT2D eigenvalue weighted by Gasteiger charge is 2.24. The third kappa shape index (κ3) is 3.28. The molecule has 1 aliphatic rings. The van der Waals surface area contributed by atoms with Crippen LogP contribution in [-0.4, -0.2) is 24.4 Å². The minimum atomic E-state index is 0.136. The summed E-state index contributed by atoms with van der Waals surface area (Å²) < 4.78 is 5.88. The van der Waals surface area contributed by atoms with Crippen LogP contribution in [0.1, 0.15) is 43.9 Å². The van der Waals surface area contributed by atoms with Crippen LogP contribution in [0, 0.1) is 12.8 Å². The van der Waals surface area contributed by atoms with Crippen molar-refractivity contribution in [3.05, 3.63) is 29.3 Å². The smallest absolute Gasteiger partial charge is 0.126 e. The predicted octanol–water partition coefficient (Wildman–Crippen LogP) is 2.82. The van der Waals surface area contributed by atoms with Crippen LogP contribution < -0.4 is 10.1 Å². The first-order chi connectivity index (χ1) is 9.13. The van der Waals surface area contributed by atoms with E-state index in [0.29, 0.717) is 5.92 Å². The standard InChI is InChI=1S/C16H25NO2/c1-11(2)15(10-18)17-14-8-5-9-19-16-12(3)6-4-7-13(14)16/h4,6-7,11,14-15,17-18H,5,8-10H2,1-3H3. The normalized spacial score (nSPS) is 20.6. The monoisotopic (exact) mass is 263 g/mol. The van der Waals surface area contributed by atoms with Gasteiger partial charge in [-0.1, -0.05) is 32.0 Å². The number of aryl methyl sites for hydroxylation is 1. The molecule has 1 aromatic rings. The van der Waals surface area contributed by atoms with E-state index in [4.69, 9.17) is 4.74 Å². The van der Waals surface area contributed by atoms with Gasteiger partial charge in [-0.2, -0.15) is 0 Å². The number of aliphatic hydroxyl groups excluding tert-OH is 1. The predicted molar refractivity (Wildman–Crippen MR) is 77.5 cm³/mol. The second kappa shape index (κ2) is 6.40. The van der Waals surface area contributed by atoms with Gasteiger partial charge >= 0.3 is 0 Å². The Balaban J connectivity index is 2.24. The first-order valence-corrected chi connectivity index (χ1v) is 7.22. The molecule has 0 aromatic heterocycles. The fraction of sp³-hybridized carbons (Fsp3) is 0.625. The van der Waals surface area contributed by atoms with Gasteiger partial charge < -0.3 is 15.2 Å². The second-order valence-corrected chi connectivity index (χ2v) is 5.74. The molecule has 1 heterocycles. The first kappa shape index (κ1) is 14.4. The number of fused-ring (bicyclic) bond motifs is 1. The minimum absolute atomic E-state index is 0.136. The first-order valence-electron chi connectivity index (χ1n) is 7.22. The van der Waals surface area contributed by atoms with Crippen molar-refractivity contribution in [1.82, 2.24) is 5.32 Å². The van der Waals surface area contributed by atoms with Gasteiger partial charge in [0.25, 0.3) is 0 Å². The number of benzene rings is 1. The van der Waals surface area contributed by atoms with Gasteiger partial charge in [0.2, 0.25) is 0 Å². The van der Waals surface area contributed by atoms with Crippen LogP contribution in [0.15, 0.2) is 18.2 Å². The number of hydrogen-bond donors (Lipinski definition) is 2. The topological polar surface area (TPSA) is 41.5 Å². The molecule has 106 valence electrons. The van der Waals surface area contributed by atoms with Gasteiger partial charge in [0.15, 0.2) is 0 Å². The molecule has 2 unspecified atom stereocenters. The average Bonchev–Trinajstić information content (AvgIpc) is 2.59. The zero-order chi connectivity index (χ0) is 13.8. The fourth-order valence-electron chi connectivity index (χ4n) is 2.65. The highest BCUT2D eigenvalue weighted by atomic mass is 16.5. The summed E-state index contributed by atoms with van der Waals surface area (Å²) >= 11 is 0. The Kier molecular flexibility index (Phi) is 4.83. The van der Waals surface area contributed by atoms with Crippen molar-refractivity contribution in [3.63, 3.8) is 0 Å². The Hall–Kier alpha value is -1.06. The number of hydrogen-bond acceptors (Lipinski definition) is 3. The molecule has 1 aromatic carbocycles. The second-order valence-electron chi connectivity index (χ2n) is 5.74. The number of rotatable bonds is 4. The molecule has 1 aliphatic heterocycles. The maximum absolute atomic E-state index is 9.51. The summed E-state index contributed by atoms with van der Waals surface area (Å²) in [4.78, 5) is 0. The van der Waals surface area contributed by atoms with Gasteiger partial charge in [0.05, 0.1) is 13.2 Å². The Labute approximate surface area is 116 Å². The van der Waals surface area contributed by atoms with Crippen molar-refractivity contribution >= 4 is 0 Å². The van der Waals surface area contributed by atoms with Gasteiger partial charge in [-0.3, -0.25) is 0 Å². The SMILES string of the molecule is Cc1cccc2c1OCCCC2NC(CO)C(C)C. The van der Waals surface area contributed by atoms with Crippen molar-refractivity contribution < 1.29 is 9.84 Å². The lowest BCUT2D eigenvalue weighted by molar-refractivity contribution is 0.196. The van der Waals surface area contributed by atoms with E-state index in [1.165, 1.54) is 11.1 Å². The quantitative estimate of drug-likeness (QED) is 0.877. The van der Waals surface area contributed by atoms with Crippen LogP contribution in [0.25, 0.3) is 0 Å². The van der Waals surface area contributed by atoms with E-state index >= 15 is 0 Å². The molecule has 0 bridgehead atoms. The molecule has 0 saturated carbocycles. The van der Waals surface area contributed by atoms with Gasteiger partial charge in [0.1, 0.15) is 5.75 Å². The van der Waals surface area contributed by atoms with Crippen LogP contribution >= 0.6 is 0 Å². The van der Waals surface area contributed by atoms with Crippen molar-refractivity contribution in [1.29, 1.82) is 0 Å². The molecular weight excluding hydrogens is 238 g/mol. The van der Waals surface area contributed by atoms with E-state index in [-0.39, 0.29) is 18.7 Å². The molecule has 0 spiro atoms. The zero-order valence-electron chi connectivity index (χ0n) is 12.1. The zero-order valence-corrected chi connectivity index (χ0v) is 12.1. The van der Waals surface area contributed by atoms with E-state index in [0.717, 1.165) is 25.2 Å². The molecule has 3 heteroatoms. The molecule has 2 N–H and O–H groups in total. The lowest BCUT2D eigenvalue weighted by Gasteiger charge is -2.27. The van der Waals surface area contributed by atoms with E-state index in [1.54, 1.807) is 0 Å². The van der Waals surface area contributed by atoms with Gasteiger partial charge in [-0.25, -0.2) is 0 Å². The number of nitrogens with one attached hydrogen (secondary N) is 1. The van der Waals surface area contributed by atoms with Crippen LogP contribution in [0.3, 0.4) is 0 Å². The van der Waals surface area contributed by atoms with E-state index in [9.17, 15) is 5.11 Å². The molecule has 0 saturated heterocycles. The molecule has 19 heavy (non-hydrogen) atoms. The summed E-state index contributed by atoms with van der Waals surface area (Å²) in [5, 5.41) is 13.1. The third-order valence-electron chi connectivity index (χ3n) is 3.92. The van der Waals surface area contributed by atoms with Crippen molar-refractivity contribution in [2.24, 2.45) is 5.92 Å². The third-order valence-corrected chi connectivity index (χ3v) is 3.92. The molecule has 2 atom stereocenters. The number of ether oxygens (including phenoxy) is 1. The summed E-state index contributed by atoms with van der Waals surface area (Å²) in [5.74, 6) is 1.44. The minimum Gasteiger partial charge on any atom is -0.493 e. The van der Waals surface area contributed by atoms with E-state index in [2.05, 4.69) is 44.3 Å². The van der Waals surface area contributed by atoms with Crippen molar-refractivity contribution in [2.45, 2.75) is 45.7 Å². The molecule has 0 amide bonds. The summed E-state index contributed by atoms with van der Waals surface area (Å²) in [5.41, 5.74) is 2.42. The molecular formula is C16H25NO2. The Morgan fingerprint density at radius 2 is 2.21 bits per heavy atom. The highest BCUT2D eigenvalue weighted by molar-refractivity contribution is 5.43. The summed E-state index contributed by atoms with van der Waals surface area (Å²) in [6.45, 7) is 7.32. The summed E-state index contributed by atoms with van der Waals surface area (Å²) in [7, 11) is 0. The maximum atomic E-state index is 9.51. The summed E-state index contributed by atoms with van der Waals surface area (Å²) in [6.07, 6.45) is 2.10. The Bertz CT molecular complexity index is 417. The summed E-state index contributed by atoms with van der Waals surface area (Å²) in [6, 6.07) is 6.72. The van der Waals surface area contributed by atoms with Crippen LogP contribution in [0.2, 0.25) is 0 Å². The van der Waals surface area contributed by atoms with Crippen molar-refractivity contribution in [2.75, 3.05) is 13.2 Å². The average molecular weight is 263 g/mol. The van der Waals surface area contributed by atoms with Crippen LogP contribution in [0.5, 0.6) is 5.75 Å². The van der Waals surface area contributed by atoms with Crippen LogP contribution in [0.4, 0.5) is 0 Å². The molecule has 2 rings (SSSR count). The Morgan fingerprint density at radius 3 is 2.89 bits per heavy atom. The van der Waals surface area contributed by atoms with Crippen molar-refractivity contribution in [3.8, 4) is 5.75 Å². The highest BCUT2D eigenvalue weighted by Crippen LogP contribution is 2.34. The number of aliphatic hydroxyl groups is 1. The maximum Gasteiger partial charge on any atom is 0.126 e. The van der Waals surface area contributed by atoms with Gasteiger partial charge in [-0.05, 0) is 31.2 Å². The van der Waals surface area contributed by atoms with Gasteiger partial charge in [0, 0.05) is 17.6 Å². The lowest BCUT2D eigenvalue weighted by Crippen LogP contribution is -2.39. The molecule has 3 nitrogen and oxygen atoms in total. The molecule has 0 radical (unpaired) electrons. The van der Waals surface area contributed by atoms with Gasteiger partial charge in [-0.15, -0.1) is 0 Å². The van der Waals surface area contributed by atoms with Crippen LogP contribution in [-0.2, 0) is 0 Å². The van der Waals surface area contributed by atoms with E-state index < -0.39 is 0 Å².